The standard InChI is InChI=1S/C26H28F2N6O7/c27-23(28)22-19(34(39)40)14-32(30-22)16-6-9-31(10-7-16)11-13-41-12-8-15-2-1-3-17-21(15)26(38)33(25(17)37)18-4-5-20(35)29-24(18)36/h1-3,14,16,18,23H,4-13H2,(H,29,35,36). The second-order valence-corrected chi connectivity index (χ2v) is 10.2. The molecule has 0 spiro atoms. The van der Waals surface area contributed by atoms with Crippen LogP contribution in [0.15, 0.2) is 24.4 Å². The maximum atomic E-state index is 13.2. The number of carbonyl (C=O) groups is 4. The van der Waals surface area contributed by atoms with Gasteiger partial charge in [0.2, 0.25) is 17.5 Å². The Hall–Kier alpha value is -4.11. The first kappa shape index (κ1) is 28.4. The number of piperidine rings is 2. The van der Waals surface area contributed by atoms with Crippen molar-refractivity contribution in [2.24, 2.45) is 0 Å². The Balaban J connectivity index is 1.09. The van der Waals surface area contributed by atoms with Gasteiger partial charge in [-0.25, -0.2) is 8.78 Å². The Morgan fingerprint density at radius 2 is 1.85 bits per heavy atom. The predicted octanol–water partition coefficient (Wildman–Crippen LogP) is 2.03. The van der Waals surface area contributed by atoms with Gasteiger partial charge in [-0.15, -0.1) is 0 Å². The number of hydrogen-bond donors (Lipinski definition) is 1. The summed E-state index contributed by atoms with van der Waals surface area (Å²) in [6, 6.07) is 3.73. The third-order valence-corrected chi connectivity index (χ3v) is 7.70. The lowest BCUT2D eigenvalue weighted by Gasteiger charge is -2.31. The van der Waals surface area contributed by atoms with Crippen LogP contribution in [0.1, 0.15) is 70.1 Å². The molecule has 0 saturated carbocycles. The van der Waals surface area contributed by atoms with Gasteiger partial charge in [0.25, 0.3) is 18.2 Å². The summed E-state index contributed by atoms with van der Waals surface area (Å²) in [6.07, 6.45) is -0.243. The highest BCUT2D eigenvalue weighted by molar-refractivity contribution is 6.24. The Morgan fingerprint density at radius 3 is 2.51 bits per heavy atom. The predicted molar refractivity (Wildman–Crippen MR) is 136 cm³/mol. The summed E-state index contributed by atoms with van der Waals surface area (Å²) in [7, 11) is 0. The number of halogens is 2. The number of hydrogen-bond acceptors (Lipinski definition) is 9. The van der Waals surface area contributed by atoms with E-state index in [0.29, 0.717) is 57.7 Å². The van der Waals surface area contributed by atoms with Gasteiger partial charge >= 0.3 is 5.69 Å². The molecule has 4 amide bonds. The molecule has 0 bridgehead atoms. The second kappa shape index (κ2) is 11.8. The van der Waals surface area contributed by atoms with Gasteiger partial charge in [0.15, 0.2) is 0 Å². The van der Waals surface area contributed by atoms with E-state index in [2.05, 4.69) is 15.3 Å². The first-order valence-electron chi connectivity index (χ1n) is 13.3. The van der Waals surface area contributed by atoms with E-state index in [9.17, 15) is 38.1 Å². The molecular formula is C26H28F2N6O7. The Kier molecular flexibility index (Phi) is 8.17. The van der Waals surface area contributed by atoms with Crippen LogP contribution in [-0.4, -0.2) is 87.0 Å². The van der Waals surface area contributed by atoms with Crippen molar-refractivity contribution in [3.05, 3.63) is 56.9 Å². The molecule has 2 aromatic rings. The van der Waals surface area contributed by atoms with Crippen molar-refractivity contribution >= 4 is 29.3 Å². The largest absolute Gasteiger partial charge is 0.380 e. The molecule has 2 saturated heterocycles. The quantitative estimate of drug-likeness (QED) is 0.194. The molecule has 1 aromatic carbocycles. The molecule has 1 atom stereocenters. The Labute approximate surface area is 232 Å². The van der Waals surface area contributed by atoms with E-state index in [-0.39, 0.29) is 30.0 Å². The highest BCUT2D eigenvalue weighted by Crippen LogP contribution is 2.32. The lowest BCUT2D eigenvalue weighted by molar-refractivity contribution is -0.386. The maximum absolute atomic E-state index is 13.2. The average Bonchev–Trinajstić information content (AvgIpc) is 3.50. The highest BCUT2D eigenvalue weighted by Gasteiger charge is 2.45. The fourth-order valence-corrected chi connectivity index (χ4v) is 5.56. The number of ether oxygens (including phenoxy) is 1. The minimum Gasteiger partial charge on any atom is -0.380 e. The number of alkyl halides is 2. The van der Waals surface area contributed by atoms with Crippen LogP contribution in [0.4, 0.5) is 14.5 Å². The molecule has 13 nitrogen and oxygen atoms in total. The summed E-state index contributed by atoms with van der Waals surface area (Å²) in [6.45, 7) is 2.59. The van der Waals surface area contributed by atoms with Crippen LogP contribution in [0.2, 0.25) is 0 Å². The molecule has 3 aliphatic rings. The maximum Gasteiger partial charge on any atom is 0.316 e. The van der Waals surface area contributed by atoms with Gasteiger partial charge in [0.1, 0.15) is 12.2 Å². The molecule has 41 heavy (non-hydrogen) atoms. The number of carbonyl (C=O) groups excluding carboxylic acids is 4. The van der Waals surface area contributed by atoms with E-state index >= 15 is 0 Å². The fourth-order valence-electron chi connectivity index (χ4n) is 5.56. The third kappa shape index (κ3) is 5.72. The van der Waals surface area contributed by atoms with Crippen molar-refractivity contribution in [2.45, 2.75) is 50.6 Å². The number of fused-ring (bicyclic) bond motifs is 1. The minimum atomic E-state index is -3.02. The van der Waals surface area contributed by atoms with Crippen molar-refractivity contribution < 1.29 is 37.6 Å². The molecule has 2 fully saturated rings. The molecule has 15 heteroatoms. The first-order valence-corrected chi connectivity index (χ1v) is 13.3. The molecule has 0 radical (unpaired) electrons. The second-order valence-electron chi connectivity index (χ2n) is 10.2. The summed E-state index contributed by atoms with van der Waals surface area (Å²) < 4.78 is 33.3. The van der Waals surface area contributed by atoms with Crippen molar-refractivity contribution in [3.8, 4) is 0 Å². The van der Waals surface area contributed by atoms with Crippen LogP contribution >= 0.6 is 0 Å². The molecular weight excluding hydrogens is 546 g/mol. The number of nitro groups is 1. The van der Waals surface area contributed by atoms with Crippen LogP contribution in [0.3, 0.4) is 0 Å². The third-order valence-electron chi connectivity index (χ3n) is 7.70. The zero-order chi connectivity index (χ0) is 29.3. The van der Waals surface area contributed by atoms with Gasteiger partial charge in [-0.1, -0.05) is 12.1 Å². The summed E-state index contributed by atoms with van der Waals surface area (Å²) >= 11 is 0. The summed E-state index contributed by atoms with van der Waals surface area (Å²) in [5.41, 5.74) is -0.378. The Morgan fingerprint density at radius 1 is 1.10 bits per heavy atom. The normalized spacial score (nSPS) is 20.2. The number of amides is 4. The van der Waals surface area contributed by atoms with Crippen LogP contribution in [0.5, 0.6) is 0 Å². The minimum absolute atomic E-state index is 0.0492. The number of benzene rings is 1. The fraction of sp³-hybridized carbons (Fsp3) is 0.500. The van der Waals surface area contributed by atoms with Crippen molar-refractivity contribution in [1.82, 2.24) is 24.9 Å². The summed E-state index contributed by atoms with van der Waals surface area (Å²) in [4.78, 5) is 63.2. The number of nitrogens with zero attached hydrogens (tertiary/aromatic N) is 5. The lowest BCUT2D eigenvalue weighted by atomic mass is 10.0. The highest BCUT2D eigenvalue weighted by atomic mass is 19.3. The van der Waals surface area contributed by atoms with Gasteiger partial charge in [-0.05, 0) is 37.3 Å². The summed E-state index contributed by atoms with van der Waals surface area (Å²) in [5, 5.41) is 17.0. The Bertz CT molecular complexity index is 1390. The molecule has 1 N–H and O–H groups in total. The number of aromatic nitrogens is 2. The van der Waals surface area contributed by atoms with E-state index in [1.807, 2.05) is 0 Å². The van der Waals surface area contributed by atoms with E-state index in [1.54, 1.807) is 18.2 Å². The van der Waals surface area contributed by atoms with Crippen molar-refractivity contribution in [3.63, 3.8) is 0 Å². The van der Waals surface area contributed by atoms with Crippen LogP contribution < -0.4 is 5.32 Å². The molecule has 1 aromatic heterocycles. The average molecular weight is 575 g/mol. The van der Waals surface area contributed by atoms with Gasteiger partial charge in [0, 0.05) is 26.1 Å². The van der Waals surface area contributed by atoms with Gasteiger partial charge in [-0.3, -0.25) is 44.2 Å². The van der Waals surface area contributed by atoms with Gasteiger partial charge < -0.3 is 9.64 Å². The van der Waals surface area contributed by atoms with Crippen LogP contribution in [-0.2, 0) is 20.7 Å². The van der Waals surface area contributed by atoms with E-state index in [0.717, 1.165) is 11.1 Å². The molecule has 218 valence electrons. The van der Waals surface area contributed by atoms with Crippen LogP contribution in [0, 0.1) is 10.1 Å². The van der Waals surface area contributed by atoms with Crippen molar-refractivity contribution in [2.75, 3.05) is 32.8 Å². The molecule has 4 heterocycles. The SMILES string of the molecule is O=C1CCC(N2C(=O)c3cccc(CCOCCN4CCC(n5cc([N+](=O)[O-])c(C(F)F)n5)CC4)c3C2=O)C(=O)N1. The molecule has 1 unspecified atom stereocenters. The summed E-state index contributed by atoms with van der Waals surface area (Å²) in [5.74, 6) is -2.20. The van der Waals surface area contributed by atoms with Crippen molar-refractivity contribution in [1.29, 1.82) is 0 Å². The van der Waals surface area contributed by atoms with Gasteiger partial charge in [-0.2, -0.15) is 5.10 Å². The zero-order valence-electron chi connectivity index (χ0n) is 22.0. The van der Waals surface area contributed by atoms with Gasteiger partial charge in [0.05, 0.1) is 35.3 Å². The monoisotopic (exact) mass is 574 g/mol. The molecule has 0 aliphatic carbocycles. The number of imide groups is 2. The smallest absolute Gasteiger partial charge is 0.316 e. The molecule has 3 aliphatic heterocycles. The van der Waals surface area contributed by atoms with E-state index < -0.39 is 52.4 Å². The van der Waals surface area contributed by atoms with Crippen LogP contribution in [0.25, 0.3) is 0 Å². The zero-order valence-corrected chi connectivity index (χ0v) is 22.0. The van der Waals surface area contributed by atoms with E-state index in [1.165, 1.54) is 4.68 Å². The van der Waals surface area contributed by atoms with E-state index in [4.69, 9.17) is 4.74 Å². The number of nitrogens with one attached hydrogen (secondary N) is 1. The topological polar surface area (TPSA) is 157 Å². The number of likely N-dealkylation sites (tertiary alicyclic amines) is 1. The lowest BCUT2D eigenvalue weighted by Crippen LogP contribution is -2.54. The first-order chi connectivity index (χ1) is 19.7. The molecule has 5 rings (SSSR count). The number of rotatable bonds is 10.